The first-order valence-electron chi connectivity index (χ1n) is 5.57. The van der Waals surface area contributed by atoms with Crippen LogP contribution in [0.4, 0.5) is 0 Å². The third-order valence-corrected chi connectivity index (χ3v) is 3.92. The second-order valence-electron chi connectivity index (χ2n) is 4.28. The van der Waals surface area contributed by atoms with Crippen LogP contribution < -0.4 is 4.72 Å². The van der Waals surface area contributed by atoms with Crippen molar-refractivity contribution in [1.82, 2.24) is 14.9 Å². The number of hydrogen-bond acceptors (Lipinski definition) is 6. The first-order chi connectivity index (χ1) is 9.20. The molecule has 112 valence electrons. The van der Waals surface area contributed by atoms with E-state index < -0.39 is 38.6 Å². The summed E-state index contributed by atoms with van der Waals surface area (Å²) in [5, 5.41) is 13.7. The van der Waals surface area contributed by atoms with Gasteiger partial charge in [-0.2, -0.15) is 9.82 Å². The number of esters is 1. The number of aromatic carboxylic acids is 1. The number of carbonyl (C=O) groups excluding carboxylic acids is 1. The van der Waals surface area contributed by atoms with E-state index in [2.05, 4.69) is 19.7 Å². The van der Waals surface area contributed by atoms with Gasteiger partial charge in [0.15, 0.2) is 5.03 Å². The van der Waals surface area contributed by atoms with Crippen LogP contribution in [0.5, 0.6) is 0 Å². The van der Waals surface area contributed by atoms with Gasteiger partial charge in [0.05, 0.1) is 13.3 Å². The molecule has 1 aromatic heterocycles. The molecule has 9 nitrogen and oxygen atoms in total. The van der Waals surface area contributed by atoms with Gasteiger partial charge >= 0.3 is 11.9 Å². The predicted octanol–water partition coefficient (Wildman–Crippen LogP) is -0.416. The molecular weight excluding hydrogens is 290 g/mol. The second-order valence-corrected chi connectivity index (χ2v) is 5.93. The van der Waals surface area contributed by atoms with E-state index in [4.69, 9.17) is 5.11 Å². The Morgan fingerprint density at radius 1 is 1.45 bits per heavy atom. The third-order valence-electron chi connectivity index (χ3n) is 2.51. The highest BCUT2D eigenvalue weighted by Crippen LogP contribution is 2.14. The van der Waals surface area contributed by atoms with Crippen LogP contribution in [0.15, 0.2) is 11.2 Å². The number of H-pyrrole nitrogens is 1. The summed E-state index contributed by atoms with van der Waals surface area (Å²) in [7, 11) is -3.11. The first kappa shape index (κ1) is 16.1. The fraction of sp³-hybridized carbons (Fsp3) is 0.500. The summed E-state index contributed by atoms with van der Waals surface area (Å²) < 4.78 is 30.8. The van der Waals surface area contributed by atoms with E-state index in [-0.39, 0.29) is 5.92 Å². The van der Waals surface area contributed by atoms with E-state index in [0.717, 1.165) is 13.3 Å². The molecule has 0 aliphatic carbocycles. The monoisotopic (exact) mass is 305 g/mol. The van der Waals surface area contributed by atoms with Gasteiger partial charge in [-0.05, 0) is 5.92 Å². The van der Waals surface area contributed by atoms with Crippen LogP contribution in [-0.4, -0.2) is 48.8 Å². The molecule has 0 amide bonds. The van der Waals surface area contributed by atoms with Gasteiger partial charge in [0.2, 0.25) is 0 Å². The molecule has 1 unspecified atom stereocenters. The average Bonchev–Trinajstić information content (AvgIpc) is 2.84. The van der Waals surface area contributed by atoms with Crippen molar-refractivity contribution < 1.29 is 27.9 Å². The summed E-state index contributed by atoms with van der Waals surface area (Å²) in [5.41, 5.74) is -0.509. The van der Waals surface area contributed by atoms with Crippen molar-refractivity contribution in [1.29, 1.82) is 0 Å². The summed E-state index contributed by atoms with van der Waals surface area (Å²) in [5.74, 6) is -2.59. The van der Waals surface area contributed by atoms with Gasteiger partial charge in [-0.1, -0.05) is 13.8 Å². The summed E-state index contributed by atoms with van der Waals surface area (Å²) >= 11 is 0. The molecule has 0 aliphatic heterocycles. The Hall–Kier alpha value is -1.94. The van der Waals surface area contributed by atoms with Gasteiger partial charge in [0.1, 0.15) is 11.6 Å². The van der Waals surface area contributed by atoms with Crippen molar-refractivity contribution in [2.24, 2.45) is 5.92 Å². The van der Waals surface area contributed by atoms with Crippen LogP contribution in [-0.2, 0) is 19.6 Å². The van der Waals surface area contributed by atoms with Crippen molar-refractivity contribution in [2.45, 2.75) is 24.9 Å². The maximum Gasteiger partial charge on any atom is 0.340 e. The van der Waals surface area contributed by atoms with Crippen LogP contribution in [0.1, 0.15) is 24.2 Å². The standard InChI is InChI=1S/C10H15N3O6S/c1-5(2)7(10(16)19-3)13-20(17,18)8-6(9(14)15)4-11-12-8/h4-5,7,13H,1-3H3,(H,11,12)(H,14,15). The molecule has 10 heteroatoms. The number of ether oxygens (including phenoxy) is 1. The van der Waals surface area contributed by atoms with Gasteiger partial charge in [-0.15, -0.1) is 0 Å². The highest BCUT2D eigenvalue weighted by atomic mass is 32.2. The third kappa shape index (κ3) is 3.33. The van der Waals surface area contributed by atoms with E-state index in [1.165, 1.54) is 0 Å². The quantitative estimate of drug-likeness (QED) is 0.607. The molecule has 1 atom stereocenters. The topological polar surface area (TPSA) is 138 Å². The van der Waals surface area contributed by atoms with Crippen molar-refractivity contribution in [3.63, 3.8) is 0 Å². The summed E-state index contributed by atoms with van der Waals surface area (Å²) in [4.78, 5) is 22.4. The molecule has 0 saturated carbocycles. The molecule has 0 spiro atoms. The van der Waals surface area contributed by atoms with Gasteiger partial charge < -0.3 is 9.84 Å². The van der Waals surface area contributed by atoms with Crippen LogP contribution in [0.3, 0.4) is 0 Å². The molecule has 1 heterocycles. The molecule has 3 N–H and O–H groups in total. The predicted molar refractivity (Wildman–Crippen MR) is 66.5 cm³/mol. The van der Waals surface area contributed by atoms with Crippen molar-refractivity contribution in [2.75, 3.05) is 7.11 Å². The number of nitrogens with one attached hydrogen (secondary N) is 2. The zero-order valence-corrected chi connectivity index (χ0v) is 11.9. The Morgan fingerprint density at radius 3 is 2.50 bits per heavy atom. The molecular formula is C10H15N3O6S. The molecule has 0 aromatic carbocycles. The van der Waals surface area contributed by atoms with Gasteiger partial charge in [0, 0.05) is 0 Å². The minimum Gasteiger partial charge on any atom is -0.478 e. The highest BCUT2D eigenvalue weighted by Gasteiger charge is 2.32. The molecule has 0 fully saturated rings. The lowest BCUT2D eigenvalue weighted by Crippen LogP contribution is -2.45. The zero-order valence-electron chi connectivity index (χ0n) is 11.1. The number of methoxy groups -OCH3 is 1. The smallest absolute Gasteiger partial charge is 0.340 e. The van der Waals surface area contributed by atoms with Gasteiger partial charge in [-0.3, -0.25) is 9.89 Å². The molecule has 1 rings (SSSR count). The molecule has 1 aromatic rings. The minimum atomic E-state index is -4.24. The minimum absolute atomic E-state index is 0.381. The van der Waals surface area contributed by atoms with Crippen LogP contribution in [0.2, 0.25) is 0 Å². The molecule has 0 radical (unpaired) electrons. The summed E-state index contributed by atoms with van der Waals surface area (Å²) in [6, 6.07) is -1.13. The van der Waals surface area contributed by atoms with E-state index in [0.29, 0.717) is 0 Å². The van der Waals surface area contributed by atoms with Gasteiger partial charge in [-0.25, -0.2) is 13.2 Å². The zero-order chi connectivity index (χ0) is 15.5. The fourth-order valence-corrected chi connectivity index (χ4v) is 2.86. The Kier molecular flexibility index (Phi) is 4.84. The lowest BCUT2D eigenvalue weighted by atomic mass is 10.1. The number of rotatable bonds is 6. The molecule has 0 bridgehead atoms. The maximum atomic E-state index is 12.1. The average molecular weight is 305 g/mol. The lowest BCUT2D eigenvalue weighted by molar-refractivity contribution is -0.143. The molecule has 0 saturated heterocycles. The fourth-order valence-electron chi connectivity index (χ4n) is 1.44. The first-order valence-corrected chi connectivity index (χ1v) is 7.05. The summed E-state index contributed by atoms with van der Waals surface area (Å²) in [6.45, 7) is 3.24. The Bertz CT molecular complexity index is 606. The van der Waals surface area contributed by atoms with Crippen molar-refractivity contribution in [3.05, 3.63) is 11.8 Å². The number of sulfonamides is 1. The van der Waals surface area contributed by atoms with Crippen LogP contribution in [0, 0.1) is 5.92 Å². The Labute approximate surface area is 115 Å². The Morgan fingerprint density at radius 2 is 2.05 bits per heavy atom. The van der Waals surface area contributed by atoms with E-state index in [1.807, 2.05) is 0 Å². The number of aromatic amines is 1. The number of carbonyl (C=O) groups is 2. The van der Waals surface area contributed by atoms with Gasteiger partial charge in [0.25, 0.3) is 10.0 Å². The Balaban J connectivity index is 3.13. The number of carboxylic acids is 1. The maximum absolute atomic E-state index is 12.1. The van der Waals surface area contributed by atoms with Crippen LogP contribution >= 0.6 is 0 Å². The summed E-state index contributed by atoms with van der Waals surface area (Å²) in [6.07, 6.45) is 0.874. The van der Waals surface area contributed by atoms with E-state index >= 15 is 0 Å². The molecule has 20 heavy (non-hydrogen) atoms. The number of carboxylic acid groups (broad SMARTS) is 1. The number of hydrogen-bond donors (Lipinski definition) is 3. The largest absolute Gasteiger partial charge is 0.478 e. The van der Waals surface area contributed by atoms with Crippen molar-refractivity contribution in [3.8, 4) is 0 Å². The van der Waals surface area contributed by atoms with E-state index in [1.54, 1.807) is 13.8 Å². The second kappa shape index (κ2) is 6.01. The van der Waals surface area contributed by atoms with Crippen LogP contribution in [0.25, 0.3) is 0 Å². The SMILES string of the molecule is COC(=O)C(NS(=O)(=O)c1[nH]ncc1C(=O)O)C(C)C. The lowest BCUT2D eigenvalue weighted by Gasteiger charge is -2.19. The number of aromatic nitrogens is 2. The van der Waals surface area contributed by atoms with Crippen molar-refractivity contribution >= 4 is 22.0 Å². The molecule has 0 aliphatic rings. The number of nitrogens with zero attached hydrogens (tertiary/aromatic N) is 1. The normalized spacial score (nSPS) is 13.2. The van der Waals surface area contributed by atoms with E-state index in [9.17, 15) is 18.0 Å². The highest BCUT2D eigenvalue weighted by molar-refractivity contribution is 7.89.